The van der Waals surface area contributed by atoms with Gasteiger partial charge in [-0.3, -0.25) is 4.68 Å². The first-order chi connectivity index (χ1) is 12.6. The van der Waals surface area contributed by atoms with E-state index in [4.69, 9.17) is 10.5 Å². The normalized spacial score (nSPS) is 15.5. The molecule has 0 amide bonds. The fourth-order valence-electron chi connectivity index (χ4n) is 3.21. The molecule has 0 unspecified atom stereocenters. The third kappa shape index (κ3) is 2.47. The van der Waals surface area contributed by atoms with E-state index in [9.17, 15) is 9.65 Å². The van der Waals surface area contributed by atoms with Gasteiger partial charge < -0.3 is 15.8 Å². The third-order valence-electron chi connectivity index (χ3n) is 4.40. The fourth-order valence-corrected chi connectivity index (χ4v) is 3.21. The maximum Gasteiger partial charge on any atom is 0.166 e. The van der Waals surface area contributed by atoms with Crippen molar-refractivity contribution in [3.05, 3.63) is 35.5 Å². The highest BCUT2D eigenvalue weighted by Crippen LogP contribution is 2.39. The van der Waals surface area contributed by atoms with Crippen molar-refractivity contribution in [1.29, 1.82) is 5.26 Å². The lowest BCUT2D eigenvalue weighted by molar-refractivity contribution is 0.271. The van der Waals surface area contributed by atoms with Crippen LogP contribution < -0.4 is 15.8 Å². The topological polar surface area (TPSA) is 115 Å². The lowest BCUT2D eigenvalue weighted by Crippen LogP contribution is -2.20. The van der Waals surface area contributed by atoms with Crippen LogP contribution in [0.1, 0.15) is 24.1 Å². The summed E-state index contributed by atoms with van der Waals surface area (Å²) in [6, 6.07) is 5.02. The predicted molar refractivity (Wildman–Crippen MR) is 93.3 cm³/mol. The molecular weight excluding hydrogens is 337 g/mol. The van der Waals surface area contributed by atoms with Crippen LogP contribution in [0.25, 0.3) is 10.9 Å². The number of hydrogen-bond acceptors (Lipinski definition) is 7. The summed E-state index contributed by atoms with van der Waals surface area (Å²) in [7, 11) is 0. The van der Waals surface area contributed by atoms with Crippen LogP contribution in [-0.2, 0) is 6.54 Å². The number of hydrogen-bond donors (Lipinski definition) is 2. The van der Waals surface area contributed by atoms with E-state index < -0.39 is 0 Å². The van der Waals surface area contributed by atoms with Crippen LogP contribution in [0.15, 0.2) is 18.5 Å². The zero-order valence-corrected chi connectivity index (χ0v) is 14.0. The molecule has 0 radical (unpaired) electrons. The Balaban J connectivity index is 1.62. The highest BCUT2D eigenvalue weighted by atomic mass is 19.1. The van der Waals surface area contributed by atoms with Gasteiger partial charge in [0.1, 0.15) is 29.6 Å². The number of halogens is 1. The van der Waals surface area contributed by atoms with E-state index in [1.165, 1.54) is 12.4 Å². The van der Waals surface area contributed by atoms with Gasteiger partial charge in [0.15, 0.2) is 11.6 Å². The standard InChI is InChI=1S/C17H16FN7O/c1-9-7-26-15-11(18)2-3-12-13(15)14(9)25(24-12)5-4-21-17-10(6-19)16(20)22-8-23-17/h2-3,8-9H,4-5,7H2,1H3,(H3,20,21,22,23)/t9-/m1/s1. The van der Waals surface area contributed by atoms with E-state index in [-0.39, 0.29) is 28.9 Å². The largest absolute Gasteiger partial charge is 0.489 e. The van der Waals surface area contributed by atoms with Gasteiger partial charge in [-0.05, 0) is 12.1 Å². The Morgan fingerprint density at radius 2 is 2.31 bits per heavy atom. The number of rotatable bonds is 4. The van der Waals surface area contributed by atoms with E-state index >= 15 is 0 Å². The summed E-state index contributed by atoms with van der Waals surface area (Å²) in [5, 5.41) is 17.6. The Morgan fingerprint density at radius 1 is 1.46 bits per heavy atom. The van der Waals surface area contributed by atoms with Crippen molar-refractivity contribution in [2.24, 2.45) is 0 Å². The van der Waals surface area contributed by atoms with Crippen LogP contribution in [-0.4, -0.2) is 32.9 Å². The van der Waals surface area contributed by atoms with E-state index in [2.05, 4.69) is 20.4 Å². The maximum absolute atomic E-state index is 14.0. The summed E-state index contributed by atoms with van der Waals surface area (Å²) >= 11 is 0. The van der Waals surface area contributed by atoms with Crippen molar-refractivity contribution in [3.63, 3.8) is 0 Å². The van der Waals surface area contributed by atoms with E-state index in [1.54, 1.807) is 6.07 Å². The Labute approximate surface area is 148 Å². The van der Waals surface area contributed by atoms with Gasteiger partial charge in [0.2, 0.25) is 0 Å². The summed E-state index contributed by atoms with van der Waals surface area (Å²) in [5.41, 5.74) is 7.55. The van der Waals surface area contributed by atoms with E-state index in [0.29, 0.717) is 31.0 Å². The van der Waals surface area contributed by atoms with Gasteiger partial charge >= 0.3 is 0 Å². The fraction of sp³-hybridized carbons (Fsp3) is 0.294. The van der Waals surface area contributed by atoms with Crippen LogP contribution in [0.5, 0.6) is 5.75 Å². The average molecular weight is 353 g/mol. The number of nitrogens with zero attached hydrogens (tertiary/aromatic N) is 5. The molecule has 2 aromatic heterocycles. The predicted octanol–water partition coefficient (Wildman–Crippen LogP) is 2.03. The van der Waals surface area contributed by atoms with Gasteiger partial charge in [0.05, 0.1) is 29.7 Å². The Hall–Kier alpha value is -3.41. The molecule has 132 valence electrons. The molecule has 0 saturated carbocycles. The number of nitrogens with one attached hydrogen (secondary N) is 1. The van der Waals surface area contributed by atoms with Gasteiger partial charge in [0, 0.05) is 12.5 Å². The van der Waals surface area contributed by atoms with Gasteiger partial charge in [0.25, 0.3) is 0 Å². The number of nitriles is 1. The lowest BCUT2D eigenvalue weighted by atomic mass is 10.0. The number of anilines is 2. The summed E-state index contributed by atoms with van der Waals surface area (Å²) < 4.78 is 21.4. The third-order valence-corrected chi connectivity index (χ3v) is 4.40. The molecule has 0 spiro atoms. The van der Waals surface area contributed by atoms with E-state index in [0.717, 1.165) is 11.1 Å². The highest BCUT2D eigenvalue weighted by Gasteiger charge is 2.27. The van der Waals surface area contributed by atoms with Crippen LogP contribution >= 0.6 is 0 Å². The zero-order valence-electron chi connectivity index (χ0n) is 14.0. The van der Waals surface area contributed by atoms with Crippen molar-refractivity contribution in [3.8, 4) is 11.8 Å². The molecule has 9 heteroatoms. The SMILES string of the molecule is C[C@@H]1COc2c(F)ccc3nn(CCNc4ncnc(N)c4C#N)c1c23. The molecule has 1 aliphatic heterocycles. The zero-order chi connectivity index (χ0) is 18.3. The first-order valence-corrected chi connectivity index (χ1v) is 8.16. The molecule has 8 nitrogen and oxygen atoms in total. The Morgan fingerprint density at radius 3 is 3.12 bits per heavy atom. The molecule has 0 fully saturated rings. The highest BCUT2D eigenvalue weighted by molar-refractivity contribution is 5.89. The van der Waals surface area contributed by atoms with Crippen molar-refractivity contribution in [2.75, 3.05) is 24.2 Å². The molecule has 3 heterocycles. The number of aromatic nitrogens is 4. The molecule has 4 rings (SSSR count). The summed E-state index contributed by atoms with van der Waals surface area (Å²) in [6.45, 7) is 3.41. The van der Waals surface area contributed by atoms with Gasteiger partial charge in [-0.15, -0.1) is 0 Å². The van der Waals surface area contributed by atoms with Crippen molar-refractivity contribution in [1.82, 2.24) is 19.7 Å². The second-order valence-electron chi connectivity index (χ2n) is 6.11. The molecule has 0 bridgehead atoms. The van der Waals surface area contributed by atoms with Gasteiger partial charge in [-0.1, -0.05) is 6.92 Å². The van der Waals surface area contributed by atoms with E-state index in [1.807, 2.05) is 17.7 Å². The van der Waals surface area contributed by atoms with Crippen LogP contribution in [0.2, 0.25) is 0 Å². The second kappa shape index (κ2) is 6.15. The molecular formula is C17H16FN7O. The average Bonchev–Trinajstić information content (AvgIpc) is 3.00. The Kier molecular flexibility index (Phi) is 3.80. The lowest BCUT2D eigenvalue weighted by Gasteiger charge is -2.22. The molecule has 0 aliphatic carbocycles. The number of ether oxygens (including phenoxy) is 1. The van der Waals surface area contributed by atoms with Crippen molar-refractivity contribution < 1.29 is 9.13 Å². The van der Waals surface area contributed by atoms with Crippen molar-refractivity contribution in [2.45, 2.75) is 19.4 Å². The maximum atomic E-state index is 14.0. The van der Waals surface area contributed by atoms with Crippen LogP contribution in [0.3, 0.4) is 0 Å². The minimum atomic E-state index is -0.376. The van der Waals surface area contributed by atoms with Crippen molar-refractivity contribution >= 4 is 22.5 Å². The quantitative estimate of drug-likeness (QED) is 0.737. The molecule has 1 aliphatic rings. The first kappa shape index (κ1) is 16.1. The molecule has 1 aromatic carbocycles. The first-order valence-electron chi connectivity index (χ1n) is 8.16. The number of benzene rings is 1. The Bertz CT molecular complexity index is 1040. The summed E-state index contributed by atoms with van der Waals surface area (Å²) in [6.07, 6.45) is 1.30. The minimum absolute atomic E-state index is 0.0960. The van der Waals surface area contributed by atoms with Crippen LogP contribution in [0.4, 0.5) is 16.0 Å². The molecule has 3 aromatic rings. The summed E-state index contributed by atoms with van der Waals surface area (Å²) in [4.78, 5) is 7.86. The minimum Gasteiger partial charge on any atom is -0.489 e. The summed E-state index contributed by atoms with van der Waals surface area (Å²) in [5.74, 6) is 0.506. The number of nitrogens with two attached hydrogens (primary N) is 1. The van der Waals surface area contributed by atoms with Gasteiger partial charge in [-0.25, -0.2) is 14.4 Å². The molecule has 3 N–H and O–H groups in total. The van der Waals surface area contributed by atoms with Crippen LogP contribution in [0, 0.1) is 17.1 Å². The molecule has 0 saturated heterocycles. The monoisotopic (exact) mass is 353 g/mol. The second-order valence-corrected chi connectivity index (χ2v) is 6.11. The smallest absolute Gasteiger partial charge is 0.166 e. The molecule has 1 atom stereocenters. The molecule has 26 heavy (non-hydrogen) atoms. The van der Waals surface area contributed by atoms with Gasteiger partial charge in [-0.2, -0.15) is 10.4 Å². The number of nitrogen functional groups attached to an aromatic ring is 1.